The van der Waals surface area contributed by atoms with E-state index in [4.69, 9.17) is 9.47 Å². The third kappa shape index (κ3) is 4.27. The number of carbonyl (C=O) groups is 2. The van der Waals surface area contributed by atoms with Crippen molar-refractivity contribution in [1.82, 2.24) is 20.6 Å². The van der Waals surface area contributed by atoms with E-state index in [0.29, 0.717) is 40.6 Å². The zero-order chi connectivity index (χ0) is 21.7. The van der Waals surface area contributed by atoms with E-state index >= 15 is 0 Å². The summed E-state index contributed by atoms with van der Waals surface area (Å²) in [4.78, 5) is 25.2. The maximum Gasteiger partial charge on any atom is 0.273 e. The Kier molecular flexibility index (Phi) is 6.36. The molecule has 156 valence electrons. The lowest BCUT2D eigenvalue weighted by Gasteiger charge is -2.12. The SMILES string of the molecule is CCOc1ccc(C(=O)NNC(=O)c2c(C)nn(-c3ccccc3)c2C)cc1OC. The van der Waals surface area contributed by atoms with Gasteiger partial charge in [-0.1, -0.05) is 18.2 Å². The van der Waals surface area contributed by atoms with Crippen LogP contribution in [-0.2, 0) is 0 Å². The van der Waals surface area contributed by atoms with Crippen LogP contribution in [0, 0.1) is 13.8 Å². The van der Waals surface area contributed by atoms with Gasteiger partial charge in [0, 0.05) is 5.56 Å². The number of methoxy groups -OCH3 is 1. The number of hydrazine groups is 1. The Balaban J connectivity index is 1.73. The molecule has 0 spiro atoms. The number of para-hydroxylation sites is 1. The Hall–Kier alpha value is -3.81. The van der Waals surface area contributed by atoms with E-state index in [9.17, 15) is 9.59 Å². The Morgan fingerprint density at radius 1 is 1.00 bits per heavy atom. The summed E-state index contributed by atoms with van der Waals surface area (Å²) in [5, 5.41) is 4.45. The largest absolute Gasteiger partial charge is 0.493 e. The van der Waals surface area contributed by atoms with E-state index in [-0.39, 0.29) is 0 Å². The summed E-state index contributed by atoms with van der Waals surface area (Å²) in [6, 6.07) is 14.3. The van der Waals surface area contributed by atoms with Crippen molar-refractivity contribution in [2.75, 3.05) is 13.7 Å². The van der Waals surface area contributed by atoms with Gasteiger partial charge in [-0.3, -0.25) is 20.4 Å². The number of hydrogen-bond donors (Lipinski definition) is 2. The first-order chi connectivity index (χ1) is 14.5. The Morgan fingerprint density at radius 3 is 2.37 bits per heavy atom. The summed E-state index contributed by atoms with van der Waals surface area (Å²) in [7, 11) is 1.50. The van der Waals surface area contributed by atoms with Gasteiger partial charge in [0.25, 0.3) is 11.8 Å². The molecule has 0 radical (unpaired) electrons. The predicted octanol–water partition coefficient (Wildman–Crippen LogP) is 2.97. The van der Waals surface area contributed by atoms with Crippen molar-refractivity contribution in [3.05, 3.63) is 71.0 Å². The molecule has 0 saturated heterocycles. The number of hydrogen-bond acceptors (Lipinski definition) is 5. The monoisotopic (exact) mass is 408 g/mol. The van der Waals surface area contributed by atoms with Gasteiger partial charge in [-0.15, -0.1) is 0 Å². The second-order valence-corrected chi connectivity index (χ2v) is 6.50. The van der Waals surface area contributed by atoms with Gasteiger partial charge in [0.05, 0.1) is 36.4 Å². The summed E-state index contributed by atoms with van der Waals surface area (Å²) in [6.07, 6.45) is 0. The van der Waals surface area contributed by atoms with Gasteiger partial charge in [-0.25, -0.2) is 4.68 Å². The lowest BCUT2D eigenvalue weighted by atomic mass is 10.2. The minimum absolute atomic E-state index is 0.323. The molecule has 0 fully saturated rings. The normalized spacial score (nSPS) is 10.4. The van der Waals surface area contributed by atoms with E-state index in [1.54, 1.807) is 36.7 Å². The fourth-order valence-corrected chi connectivity index (χ4v) is 3.12. The van der Waals surface area contributed by atoms with Crippen molar-refractivity contribution in [2.45, 2.75) is 20.8 Å². The van der Waals surface area contributed by atoms with Crippen LogP contribution in [0.3, 0.4) is 0 Å². The number of amides is 2. The molecule has 3 rings (SSSR count). The highest BCUT2D eigenvalue weighted by Crippen LogP contribution is 2.28. The van der Waals surface area contributed by atoms with E-state index in [1.807, 2.05) is 37.3 Å². The zero-order valence-electron chi connectivity index (χ0n) is 17.4. The first-order valence-electron chi connectivity index (χ1n) is 9.49. The molecule has 0 atom stereocenters. The van der Waals surface area contributed by atoms with Gasteiger partial charge in [-0.05, 0) is 51.1 Å². The molecular weight excluding hydrogens is 384 g/mol. The van der Waals surface area contributed by atoms with Crippen molar-refractivity contribution in [1.29, 1.82) is 0 Å². The standard InChI is InChI=1S/C22H24N4O4/c1-5-30-18-12-11-16(13-19(18)29-4)21(27)23-24-22(28)20-14(2)25-26(15(20)3)17-9-7-6-8-10-17/h6-13H,5H2,1-4H3,(H,23,27)(H,24,28). The quantitative estimate of drug-likeness (QED) is 0.612. The fraction of sp³-hybridized carbons (Fsp3) is 0.227. The predicted molar refractivity (Wildman–Crippen MR) is 112 cm³/mol. The average molecular weight is 408 g/mol. The second kappa shape index (κ2) is 9.13. The number of nitrogens with one attached hydrogen (secondary N) is 2. The van der Waals surface area contributed by atoms with Crippen LogP contribution in [-0.4, -0.2) is 35.3 Å². The lowest BCUT2D eigenvalue weighted by Crippen LogP contribution is -2.42. The van der Waals surface area contributed by atoms with Crippen molar-refractivity contribution < 1.29 is 19.1 Å². The molecule has 1 aromatic heterocycles. The third-order valence-corrected chi connectivity index (χ3v) is 4.53. The Bertz CT molecular complexity index is 1060. The highest BCUT2D eigenvalue weighted by Gasteiger charge is 2.20. The van der Waals surface area contributed by atoms with Crippen molar-refractivity contribution in [2.24, 2.45) is 0 Å². The number of rotatable bonds is 6. The molecule has 0 aliphatic rings. The van der Waals surface area contributed by atoms with Crippen LogP contribution in [0.4, 0.5) is 0 Å². The second-order valence-electron chi connectivity index (χ2n) is 6.50. The maximum absolute atomic E-state index is 12.7. The lowest BCUT2D eigenvalue weighted by molar-refractivity contribution is 0.0845. The number of aromatic nitrogens is 2. The molecule has 30 heavy (non-hydrogen) atoms. The van der Waals surface area contributed by atoms with Gasteiger partial charge < -0.3 is 9.47 Å². The van der Waals surface area contributed by atoms with Crippen LogP contribution in [0.1, 0.15) is 39.0 Å². The highest BCUT2D eigenvalue weighted by molar-refractivity contribution is 6.00. The summed E-state index contributed by atoms with van der Waals surface area (Å²) >= 11 is 0. The minimum atomic E-state index is -0.476. The summed E-state index contributed by atoms with van der Waals surface area (Å²) in [5.74, 6) is 0.0562. The van der Waals surface area contributed by atoms with Crippen LogP contribution in [0.2, 0.25) is 0 Å². The maximum atomic E-state index is 12.7. The highest BCUT2D eigenvalue weighted by atomic mass is 16.5. The van der Waals surface area contributed by atoms with E-state index in [1.165, 1.54) is 7.11 Å². The molecule has 2 N–H and O–H groups in total. The van der Waals surface area contributed by atoms with Gasteiger partial charge >= 0.3 is 0 Å². The molecule has 1 heterocycles. The minimum Gasteiger partial charge on any atom is -0.493 e. The zero-order valence-corrected chi connectivity index (χ0v) is 17.4. The summed E-state index contributed by atoms with van der Waals surface area (Å²) in [5.41, 5.74) is 7.70. The van der Waals surface area contributed by atoms with Gasteiger partial charge in [-0.2, -0.15) is 5.10 Å². The molecule has 0 saturated carbocycles. The topological polar surface area (TPSA) is 94.5 Å². The van der Waals surface area contributed by atoms with Crippen LogP contribution in [0.5, 0.6) is 11.5 Å². The van der Waals surface area contributed by atoms with Crippen LogP contribution >= 0.6 is 0 Å². The Morgan fingerprint density at radius 2 is 1.70 bits per heavy atom. The molecule has 2 amide bonds. The van der Waals surface area contributed by atoms with Gasteiger partial charge in [0.2, 0.25) is 0 Å². The number of ether oxygens (including phenoxy) is 2. The van der Waals surface area contributed by atoms with Crippen LogP contribution < -0.4 is 20.3 Å². The molecule has 8 nitrogen and oxygen atoms in total. The summed E-state index contributed by atoms with van der Waals surface area (Å²) in [6.45, 7) is 5.90. The third-order valence-electron chi connectivity index (χ3n) is 4.53. The number of carbonyl (C=O) groups excluding carboxylic acids is 2. The summed E-state index contributed by atoms with van der Waals surface area (Å²) < 4.78 is 12.4. The van der Waals surface area contributed by atoms with Gasteiger partial charge in [0.15, 0.2) is 11.5 Å². The molecular formula is C22H24N4O4. The van der Waals surface area contributed by atoms with Crippen molar-refractivity contribution in [3.63, 3.8) is 0 Å². The average Bonchev–Trinajstić information content (AvgIpc) is 3.06. The molecule has 0 aliphatic carbocycles. The molecule has 0 bridgehead atoms. The van der Waals surface area contributed by atoms with Gasteiger partial charge in [0.1, 0.15) is 0 Å². The smallest absolute Gasteiger partial charge is 0.273 e. The molecule has 0 aliphatic heterocycles. The van der Waals surface area contributed by atoms with Crippen LogP contribution in [0.15, 0.2) is 48.5 Å². The molecule has 3 aromatic rings. The first kappa shape index (κ1) is 20.9. The van der Waals surface area contributed by atoms with Crippen molar-refractivity contribution >= 4 is 11.8 Å². The Labute approximate surface area is 174 Å². The van der Waals surface area contributed by atoms with Crippen LogP contribution in [0.25, 0.3) is 5.69 Å². The number of nitrogens with zero attached hydrogens (tertiary/aromatic N) is 2. The molecule has 2 aromatic carbocycles. The van der Waals surface area contributed by atoms with E-state index < -0.39 is 11.8 Å². The van der Waals surface area contributed by atoms with Crippen molar-refractivity contribution in [3.8, 4) is 17.2 Å². The fourth-order valence-electron chi connectivity index (χ4n) is 3.12. The number of benzene rings is 2. The first-order valence-corrected chi connectivity index (χ1v) is 9.49. The van der Waals surface area contributed by atoms with E-state index in [2.05, 4.69) is 16.0 Å². The number of aryl methyl sites for hydroxylation is 1. The molecule has 0 unspecified atom stereocenters. The van der Waals surface area contributed by atoms with E-state index in [0.717, 1.165) is 5.69 Å². The molecule has 8 heteroatoms.